The van der Waals surface area contributed by atoms with Gasteiger partial charge in [-0.15, -0.1) is 0 Å². The molecule has 0 aliphatic heterocycles. The maximum absolute atomic E-state index is 11.8. The summed E-state index contributed by atoms with van der Waals surface area (Å²) in [6.07, 6.45) is -0.814. The predicted octanol–water partition coefficient (Wildman–Crippen LogP) is -1.86. The average molecular weight is 255 g/mol. The SMILES string of the molecule is CCc1nn(C)c(C(=O)NCC(O)C(N)=O)c1N. The van der Waals surface area contributed by atoms with Gasteiger partial charge < -0.3 is 21.9 Å². The van der Waals surface area contributed by atoms with Crippen LogP contribution in [-0.2, 0) is 18.3 Å². The highest BCUT2D eigenvalue weighted by Gasteiger charge is 2.20. The number of amides is 2. The molecule has 1 atom stereocenters. The fourth-order valence-electron chi connectivity index (χ4n) is 1.50. The highest BCUT2D eigenvalue weighted by molar-refractivity contribution is 5.98. The molecule has 1 rings (SSSR count). The summed E-state index contributed by atoms with van der Waals surface area (Å²) in [4.78, 5) is 22.4. The van der Waals surface area contributed by atoms with Crippen molar-refractivity contribution in [1.29, 1.82) is 0 Å². The van der Waals surface area contributed by atoms with Crippen molar-refractivity contribution in [2.75, 3.05) is 12.3 Å². The Hall–Kier alpha value is -2.09. The molecule has 0 radical (unpaired) electrons. The molecule has 1 unspecified atom stereocenters. The Bertz CT molecular complexity index is 468. The number of nitrogens with zero attached hydrogens (tertiary/aromatic N) is 2. The second-order valence-electron chi connectivity index (χ2n) is 3.81. The first kappa shape index (κ1) is 14.0. The number of nitrogen functional groups attached to an aromatic ring is 1. The summed E-state index contributed by atoms with van der Waals surface area (Å²) in [6, 6.07) is 0. The minimum Gasteiger partial charge on any atom is -0.395 e. The van der Waals surface area contributed by atoms with Crippen LogP contribution in [0, 0.1) is 0 Å². The molecule has 1 aromatic rings. The second kappa shape index (κ2) is 5.50. The normalized spacial score (nSPS) is 12.2. The molecule has 100 valence electrons. The lowest BCUT2D eigenvalue weighted by atomic mass is 10.2. The number of aliphatic hydroxyl groups excluding tert-OH is 1. The van der Waals surface area contributed by atoms with Crippen LogP contribution in [-0.4, -0.2) is 39.4 Å². The summed E-state index contributed by atoms with van der Waals surface area (Å²) in [5.41, 5.74) is 11.8. The largest absolute Gasteiger partial charge is 0.395 e. The first-order valence-electron chi connectivity index (χ1n) is 5.45. The van der Waals surface area contributed by atoms with Crippen LogP contribution in [0.3, 0.4) is 0 Å². The Morgan fingerprint density at radius 1 is 1.56 bits per heavy atom. The molecular weight excluding hydrogens is 238 g/mol. The van der Waals surface area contributed by atoms with Crippen LogP contribution in [0.2, 0.25) is 0 Å². The van der Waals surface area contributed by atoms with Gasteiger partial charge in [0.05, 0.1) is 17.9 Å². The molecule has 18 heavy (non-hydrogen) atoms. The third-order valence-electron chi connectivity index (χ3n) is 2.49. The van der Waals surface area contributed by atoms with Gasteiger partial charge >= 0.3 is 0 Å². The van der Waals surface area contributed by atoms with Crippen molar-refractivity contribution >= 4 is 17.5 Å². The molecule has 0 saturated heterocycles. The van der Waals surface area contributed by atoms with Crippen LogP contribution in [0.1, 0.15) is 23.1 Å². The summed E-state index contributed by atoms with van der Waals surface area (Å²) in [6.45, 7) is 1.61. The van der Waals surface area contributed by atoms with E-state index in [0.717, 1.165) is 0 Å². The van der Waals surface area contributed by atoms with Crippen LogP contribution in [0.25, 0.3) is 0 Å². The molecule has 0 bridgehead atoms. The van der Waals surface area contributed by atoms with Crippen molar-refractivity contribution in [2.45, 2.75) is 19.4 Å². The number of hydrogen-bond acceptors (Lipinski definition) is 5. The summed E-state index contributed by atoms with van der Waals surface area (Å²) in [5.74, 6) is -1.41. The van der Waals surface area contributed by atoms with Crippen molar-refractivity contribution in [2.24, 2.45) is 12.8 Å². The van der Waals surface area contributed by atoms with Gasteiger partial charge in [0, 0.05) is 7.05 Å². The van der Waals surface area contributed by atoms with E-state index >= 15 is 0 Å². The molecule has 0 fully saturated rings. The van der Waals surface area contributed by atoms with Crippen LogP contribution in [0.5, 0.6) is 0 Å². The van der Waals surface area contributed by atoms with Crippen LogP contribution < -0.4 is 16.8 Å². The lowest BCUT2D eigenvalue weighted by Crippen LogP contribution is -2.40. The molecule has 1 aromatic heterocycles. The smallest absolute Gasteiger partial charge is 0.271 e. The third-order valence-corrected chi connectivity index (χ3v) is 2.49. The molecule has 2 amide bonds. The number of aliphatic hydroxyl groups is 1. The second-order valence-corrected chi connectivity index (χ2v) is 3.81. The van der Waals surface area contributed by atoms with Gasteiger partial charge in [0.15, 0.2) is 0 Å². The minimum atomic E-state index is -1.42. The lowest BCUT2D eigenvalue weighted by molar-refractivity contribution is -0.125. The van der Waals surface area contributed by atoms with E-state index in [9.17, 15) is 9.59 Å². The van der Waals surface area contributed by atoms with E-state index in [1.165, 1.54) is 4.68 Å². The predicted molar refractivity (Wildman–Crippen MR) is 64.5 cm³/mol. The third kappa shape index (κ3) is 2.77. The molecule has 0 aliphatic rings. The van der Waals surface area contributed by atoms with Crippen molar-refractivity contribution in [3.8, 4) is 0 Å². The standard InChI is InChI=1S/C10H17N5O3/c1-3-5-7(11)8(15(2)14-5)10(18)13-4-6(16)9(12)17/h6,16H,3-4,11H2,1-2H3,(H2,12,17)(H,13,18). The van der Waals surface area contributed by atoms with Gasteiger partial charge in [-0.3, -0.25) is 14.3 Å². The minimum absolute atomic E-state index is 0.198. The zero-order chi connectivity index (χ0) is 13.9. The van der Waals surface area contributed by atoms with Crippen molar-refractivity contribution in [1.82, 2.24) is 15.1 Å². The molecule has 0 aromatic carbocycles. The molecule has 8 heteroatoms. The number of carbonyl (C=O) groups excluding carboxylic acids is 2. The van der Waals surface area contributed by atoms with E-state index in [4.69, 9.17) is 16.6 Å². The number of aromatic nitrogens is 2. The average Bonchev–Trinajstić information content (AvgIpc) is 2.60. The lowest BCUT2D eigenvalue weighted by Gasteiger charge is -2.09. The number of nitrogens with two attached hydrogens (primary N) is 2. The number of aryl methyl sites for hydroxylation is 2. The van der Waals surface area contributed by atoms with Crippen molar-refractivity contribution in [3.05, 3.63) is 11.4 Å². The number of primary amides is 1. The van der Waals surface area contributed by atoms with E-state index in [1.54, 1.807) is 7.05 Å². The topological polar surface area (TPSA) is 136 Å². The zero-order valence-corrected chi connectivity index (χ0v) is 10.3. The van der Waals surface area contributed by atoms with Gasteiger partial charge in [0.1, 0.15) is 11.8 Å². The number of anilines is 1. The zero-order valence-electron chi connectivity index (χ0n) is 10.3. The Balaban J connectivity index is 2.79. The Morgan fingerprint density at radius 2 is 2.17 bits per heavy atom. The van der Waals surface area contributed by atoms with Crippen LogP contribution >= 0.6 is 0 Å². The molecule has 0 aliphatic carbocycles. The molecule has 1 heterocycles. The first-order chi connectivity index (χ1) is 8.38. The van der Waals surface area contributed by atoms with Gasteiger partial charge in [0.2, 0.25) is 5.91 Å². The fourth-order valence-corrected chi connectivity index (χ4v) is 1.50. The Morgan fingerprint density at radius 3 is 2.61 bits per heavy atom. The quantitative estimate of drug-likeness (QED) is 0.489. The maximum Gasteiger partial charge on any atom is 0.271 e. The number of nitrogens with one attached hydrogen (secondary N) is 1. The molecule has 0 spiro atoms. The van der Waals surface area contributed by atoms with Gasteiger partial charge in [-0.2, -0.15) is 5.10 Å². The Labute approximate surface area is 104 Å². The van der Waals surface area contributed by atoms with Crippen LogP contribution in [0.4, 0.5) is 5.69 Å². The number of hydrogen-bond donors (Lipinski definition) is 4. The van der Waals surface area contributed by atoms with Gasteiger partial charge in [-0.05, 0) is 6.42 Å². The van der Waals surface area contributed by atoms with E-state index in [2.05, 4.69) is 10.4 Å². The van der Waals surface area contributed by atoms with E-state index < -0.39 is 17.9 Å². The summed E-state index contributed by atoms with van der Waals surface area (Å²) in [5, 5.41) is 15.6. The highest BCUT2D eigenvalue weighted by atomic mass is 16.3. The number of rotatable bonds is 5. The summed E-state index contributed by atoms with van der Waals surface area (Å²) in [7, 11) is 1.59. The van der Waals surface area contributed by atoms with Gasteiger partial charge in [-0.1, -0.05) is 6.92 Å². The first-order valence-corrected chi connectivity index (χ1v) is 5.45. The molecular formula is C10H17N5O3. The Kier molecular flexibility index (Phi) is 4.27. The van der Waals surface area contributed by atoms with Crippen LogP contribution in [0.15, 0.2) is 0 Å². The summed E-state index contributed by atoms with van der Waals surface area (Å²) < 4.78 is 1.36. The molecule has 0 saturated carbocycles. The van der Waals surface area contributed by atoms with E-state index in [0.29, 0.717) is 17.8 Å². The number of carbonyl (C=O) groups is 2. The van der Waals surface area contributed by atoms with E-state index in [-0.39, 0.29) is 12.2 Å². The molecule has 6 N–H and O–H groups in total. The summed E-state index contributed by atoms with van der Waals surface area (Å²) >= 11 is 0. The monoisotopic (exact) mass is 255 g/mol. The highest BCUT2D eigenvalue weighted by Crippen LogP contribution is 2.16. The molecule has 8 nitrogen and oxygen atoms in total. The van der Waals surface area contributed by atoms with E-state index in [1.807, 2.05) is 6.92 Å². The van der Waals surface area contributed by atoms with Crippen molar-refractivity contribution in [3.63, 3.8) is 0 Å². The van der Waals surface area contributed by atoms with Gasteiger partial charge in [-0.25, -0.2) is 0 Å². The maximum atomic E-state index is 11.8. The fraction of sp³-hybridized carbons (Fsp3) is 0.500. The van der Waals surface area contributed by atoms with Crippen molar-refractivity contribution < 1.29 is 14.7 Å². The van der Waals surface area contributed by atoms with Gasteiger partial charge in [0.25, 0.3) is 5.91 Å².